The number of hydrogen-bond acceptors (Lipinski definition) is 2. The van der Waals surface area contributed by atoms with Gasteiger partial charge in [0.1, 0.15) is 0 Å². The van der Waals surface area contributed by atoms with Gasteiger partial charge in [0.15, 0.2) is 0 Å². The van der Waals surface area contributed by atoms with Crippen molar-refractivity contribution in [3.8, 4) is 0 Å². The first-order chi connectivity index (χ1) is 7.16. The standard InChI is InChI=1S/C12H26N2O/c1-4-12(15)14-10-8-6-5-7-9-13-11(2)3/h11,13H,4-10H2,1-3H3,(H,14,15). The molecule has 1 amide bonds. The second-order valence-corrected chi connectivity index (χ2v) is 4.23. The number of unbranched alkanes of at least 4 members (excludes halogenated alkanes) is 3. The van der Waals surface area contributed by atoms with E-state index >= 15 is 0 Å². The Morgan fingerprint density at radius 3 is 2.20 bits per heavy atom. The molecule has 0 radical (unpaired) electrons. The quantitative estimate of drug-likeness (QED) is 0.577. The highest BCUT2D eigenvalue weighted by atomic mass is 16.1. The first-order valence-electron chi connectivity index (χ1n) is 6.17. The lowest BCUT2D eigenvalue weighted by atomic mass is 10.2. The molecule has 0 aromatic heterocycles. The molecule has 0 fully saturated rings. The minimum Gasteiger partial charge on any atom is -0.356 e. The van der Waals surface area contributed by atoms with E-state index in [1.807, 2.05) is 6.92 Å². The van der Waals surface area contributed by atoms with Crippen molar-refractivity contribution in [2.45, 2.75) is 58.9 Å². The van der Waals surface area contributed by atoms with Gasteiger partial charge in [-0.25, -0.2) is 0 Å². The second-order valence-electron chi connectivity index (χ2n) is 4.23. The van der Waals surface area contributed by atoms with Crippen molar-refractivity contribution in [3.05, 3.63) is 0 Å². The van der Waals surface area contributed by atoms with Crippen molar-refractivity contribution in [1.82, 2.24) is 10.6 Å². The summed E-state index contributed by atoms with van der Waals surface area (Å²) in [6, 6.07) is 0.592. The van der Waals surface area contributed by atoms with E-state index in [-0.39, 0.29) is 5.91 Å². The Bertz CT molecular complexity index is 158. The van der Waals surface area contributed by atoms with Gasteiger partial charge in [0.05, 0.1) is 0 Å². The molecule has 0 aliphatic carbocycles. The molecule has 0 atom stereocenters. The molecule has 15 heavy (non-hydrogen) atoms. The summed E-state index contributed by atoms with van der Waals surface area (Å²) in [5.74, 6) is 0.163. The number of nitrogens with one attached hydrogen (secondary N) is 2. The Morgan fingerprint density at radius 2 is 1.67 bits per heavy atom. The fourth-order valence-electron chi connectivity index (χ4n) is 1.35. The Hall–Kier alpha value is -0.570. The second kappa shape index (κ2) is 9.97. The molecule has 3 nitrogen and oxygen atoms in total. The minimum absolute atomic E-state index is 0.163. The third-order valence-electron chi connectivity index (χ3n) is 2.30. The summed E-state index contributed by atoms with van der Waals surface area (Å²) in [4.78, 5) is 10.9. The molecular weight excluding hydrogens is 188 g/mol. The summed E-state index contributed by atoms with van der Waals surface area (Å²) in [5.41, 5.74) is 0. The van der Waals surface area contributed by atoms with Crippen molar-refractivity contribution in [2.24, 2.45) is 0 Å². The van der Waals surface area contributed by atoms with Crippen LogP contribution in [0.3, 0.4) is 0 Å². The SMILES string of the molecule is CCC(=O)NCCCCCCNC(C)C. The van der Waals surface area contributed by atoms with Crippen LogP contribution in [-0.2, 0) is 4.79 Å². The largest absolute Gasteiger partial charge is 0.356 e. The molecule has 90 valence electrons. The molecule has 0 aromatic rings. The maximum absolute atomic E-state index is 10.9. The van der Waals surface area contributed by atoms with Gasteiger partial charge in [-0.15, -0.1) is 0 Å². The van der Waals surface area contributed by atoms with Crippen LogP contribution in [0.25, 0.3) is 0 Å². The maximum atomic E-state index is 10.9. The van der Waals surface area contributed by atoms with E-state index < -0.39 is 0 Å². The molecule has 0 bridgehead atoms. The fourth-order valence-corrected chi connectivity index (χ4v) is 1.35. The Labute approximate surface area is 94.0 Å². The number of amides is 1. The van der Waals surface area contributed by atoms with Crippen molar-refractivity contribution in [2.75, 3.05) is 13.1 Å². The van der Waals surface area contributed by atoms with Crippen LogP contribution >= 0.6 is 0 Å². The first kappa shape index (κ1) is 14.4. The van der Waals surface area contributed by atoms with Gasteiger partial charge in [-0.1, -0.05) is 33.6 Å². The van der Waals surface area contributed by atoms with E-state index in [0.29, 0.717) is 12.5 Å². The molecule has 0 aromatic carbocycles. The molecular formula is C12H26N2O. The number of carbonyl (C=O) groups excluding carboxylic acids is 1. The lowest BCUT2D eigenvalue weighted by molar-refractivity contribution is -0.120. The lowest BCUT2D eigenvalue weighted by Gasteiger charge is -2.07. The normalized spacial score (nSPS) is 10.7. The maximum Gasteiger partial charge on any atom is 0.219 e. The summed E-state index contributed by atoms with van der Waals surface area (Å²) in [5, 5.41) is 6.28. The fraction of sp³-hybridized carbons (Fsp3) is 0.917. The van der Waals surface area contributed by atoms with E-state index in [1.54, 1.807) is 0 Å². The van der Waals surface area contributed by atoms with Crippen LogP contribution in [-0.4, -0.2) is 25.0 Å². The van der Waals surface area contributed by atoms with Crippen LogP contribution in [0.15, 0.2) is 0 Å². The van der Waals surface area contributed by atoms with Crippen LogP contribution in [0.4, 0.5) is 0 Å². The summed E-state index contributed by atoms with van der Waals surface area (Å²) in [6.07, 6.45) is 5.40. The predicted octanol–water partition coefficient (Wildman–Crippen LogP) is 2.07. The van der Waals surface area contributed by atoms with Crippen LogP contribution in [0.5, 0.6) is 0 Å². The minimum atomic E-state index is 0.163. The van der Waals surface area contributed by atoms with Gasteiger partial charge >= 0.3 is 0 Å². The van der Waals surface area contributed by atoms with Crippen molar-refractivity contribution in [3.63, 3.8) is 0 Å². The average molecular weight is 214 g/mol. The van der Waals surface area contributed by atoms with Crippen molar-refractivity contribution >= 4 is 5.91 Å². The average Bonchev–Trinajstić information content (AvgIpc) is 2.21. The lowest BCUT2D eigenvalue weighted by Crippen LogP contribution is -2.24. The summed E-state index contributed by atoms with van der Waals surface area (Å²) >= 11 is 0. The molecule has 0 aliphatic heterocycles. The zero-order valence-electron chi connectivity index (χ0n) is 10.4. The Kier molecular flexibility index (Phi) is 9.59. The number of hydrogen-bond donors (Lipinski definition) is 2. The van der Waals surface area contributed by atoms with Crippen molar-refractivity contribution < 1.29 is 4.79 Å². The Morgan fingerprint density at radius 1 is 1.07 bits per heavy atom. The number of carbonyl (C=O) groups is 1. The van der Waals surface area contributed by atoms with E-state index in [9.17, 15) is 4.79 Å². The predicted molar refractivity (Wildman–Crippen MR) is 64.9 cm³/mol. The van der Waals surface area contributed by atoms with Gasteiger partial charge in [0.2, 0.25) is 5.91 Å². The monoisotopic (exact) mass is 214 g/mol. The third kappa shape index (κ3) is 11.4. The van der Waals surface area contributed by atoms with Gasteiger partial charge in [0, 0.05) is 19.0 Å². The van der Waals surface area contributed by atoms with Crippen LogP contribution in [0.2, 0.25) is 0 Å². The summed E-state index contributed by atoms with van der Waals surface area (Å²) in [6.45, 7) is 8.16. The molecule has 0 aliphatic rings. The summed E-state index contributed by atoms with van der Waals surface area (Å²) < 4.78 is 0. The molecule has 0 saturated heterocycles. The van der Waals surface area contributed by atoms with E-state index in [4.69, 9.17) is 0 Å². The number of rotatable bonds is 9. The van der Waals surface area contributed by atoms with Gasteiger partial charge in [-0.05, 0) is 19.4 Å². The van der Waals surface area contributed by atoms with Crippen LogP contribution < -0.4 is 10.6 Å². The van der Waals surface area contributed by atoms with Gasteiger partial charge < -0.3 is 10.6 Å². The zero-order valence-corrected chi connectivity index (χ0v) is 10.4. The van der Waals surface area contributed by atoms with Crippen LogP contribution in [0, 0.1) is 0 Å². The molecule has 0 rings (SSSR count). The zero-order chi connectivity index (χ0) is 11.5. The molecule has 3 heteroatoms. The molecule has 0 heterocycles. The van der Waals surface area contributed by atoms with E-state index in [2.05, 4.69) is 24.5 Å². The van der Waals surface area contributed by atoms with E-state index in [0.717, 1.165) is 19.5 Å². The highest BCUT2D eigenvalue weighted by molar-refractivity contribution is 5.75. The van der Waals surface area contributed by atoms with Gasteiger partial charge in [-0.2, -0.15) is 0 Å². The first-order valence-corrected chi connectivity index (χ1v) is 6.17. The van der Waals surface area contributed by atoms with E-state index in [1.165, 1.54) is 19.3 Å². The molecule has 0 spiro atoms. The highest BCUT2D eigenvalue weighted by Crippen LogP contribution is 1.98. The van der Waals surface area contributed by atoms with Gasteiger partial charge in [0.25, 0.3) is 0 Å². The molecule has 0 saturated carbocycles. The summed E-state index contributed by atoms with van der Waals surface area (Å²) in [7, 11) is 0. The molecule has 2 N–H and O–H groups in total. The highest BCUT2D eigenvalue weighted by Gasteiger charge is 1.95. The van der Waals surface area contributed by atoms with Crippen molar-refractivity contribution in [1.29, 1.82) is 0 Å². The third-order valence-corrected chi connectivity index (χ3v) is 2.30. The Balaban J connectivity index is 3.02. The topological polar surface area (TPSA) is 41.1 Å². The van der Waals surface area contributed by atoms with Crippen LogP contribution in [0.1, 0.15) is 52.9 Å². The smallest absolute Gasteiger partial charge is 0.219 e. The molecule has 0 unspecified atom stereocenters. The van der Waals surface area contributed by atoms with Gasteiger partial charge in [-0.3, -0.25) is 4.79 Å².